The first-order valence-electron chi connectivity index (χ1n) is 4.08. The zero-order valence-corrected chi connectivity index (χ0v) is 9.59. The molecule has 1 aliphatic heterocycles. The van der Waals surface area contributed by atoms with Crippen LogP contribution in [0.4, 0.5) is 0 Å². The number of furan rings is 1. The summed E-state index contributed by atoms with van der Waals surface area (Å²) in [6.07, 6.45) is 0. The van der Waals surface area contributed by atoms with Gasteiger partial charge in [0.15, 0.2) is 0 Å². The second-order valence-corrected chi connectivity index (χ2v) is 5.11. The Balaban J connectivity index is 2.47. The van der Waals surface area contributed by atoms with Crippen molar-refractivity contribution in [3.05, 3.63) is 21.6 Å². The summed E-state index contributed by atoms with van der Waals surface area (Å²) in [6.45, 7) is 4.32. The molecule has 1 aromatic heterocycles. The zero-order chi connectivity index (χ0) is 8.72. The lowest BCUT2D eigenvalue weighted by Gasteiger charge is -2.00. The second kappa shape index (κ2) is 3.11. The number of thioether (sulfide) groups is 1. The van der Waals surface area contributed by atoms with Gasteiger partial charge >= 0.3 is 0 Å². The van der Waals surface area contributed by atoms with Crippen LogP contribution >= 0.6 is 27.7 Å². The highest BCUT2D eigenvalue weighted by atomic mass is 79.9. The molecule has 0 spiro atoms. The number of hydrogen-bond donors (Lipinski definition) is 0. The highest BCUT2D eigenvalue weighted by Crippen LogP contribution is 2.41. The van der Waals surface area contributed by atoms with Crippen molar-refractivity contribution in [2.24, 2.45) is 0 Å². The molecule has 3 heteroatoms. The molecule has 0 aliphatic carbocycles. The molecule has 0 unspecified atom stereocenters. The van der Waals surface area contributed by atoms with Crippen LogP contribution in [-0.4, -0.2) is 0 Å². The summed E-state index contributed by atoms with van der Waals surface area (Å²) in [5, 5.41) is 0. The molecule has 0 bridgehead atoms. The number of fused-ring (bicyclic) bond motifs is 1. The molecular formula is C9H11BrOS. The third kappa shape index (κ3) is 1.23. The summed E-state index contributed by atoms with van der Waals surface area (Å²) in [5.41, 5.74) is 1.38. The van der Waals surface area contributed by atoms with Crippen LogP contribution in [0.5, 0.6) is 0 Å². The highest BCUT2D eigenvalue weighted by Gasteiger charge is 2.23. The van der Waals surface area contributed by atoms with Gasteiger partial charge in [0.25, 0.3) is 0 Å². The molecule has 0 aromatic carbocycles. The number of halogens is 1. The summed E-state index contributed by atoms with van der Waals surface area (Å²) in [4.78, 5) is 0. The second-order valence-electron chi connectivity index (χ2n) is 3.33. The summed E-state index contributed by atoms with van der Waals surface area (Å²) >= 11 is 5.52. The quantitative estimate of drug-likeness (QED) is 0.746. The van der Waals surface area contributed by atoms with Gasteiger partial charge < -0.3 is 4.42 Å². The van der Waals surface area contributed by atoms with Crippen molar-refractivity contribution in [1.82, 2.24) is 0 Å². The van der Waals surface area contributed by atoms with E-state index in [0.29, 0.717) is 5.92 Å². The molecule has 2 rings (SSSR count). The topological polar surface area (TPSA) is 13.1 Å². The SMILES string of the molecule is CC(C)c1oc2c(c1Br)CSC2. The van der Waals surface area contributed by atoms with Crippen LogP contribution in [0.3, 0.4) is 0 Å². The van der Waals surface area contributed by atoms with Crippen LogP contribution in [0.25, 0.3) is 0 Å². The first kappa shape index (κ1) is 8.70. The number of hydrogen-bond acceptors (Lipinski definition) is 2. The van der Waals surface area contributed by atoms with Crippen LogP contribution in [0.2, 0.25) is 0 Å². The molecule has 1 aliphatic rings. The van der Waals surface area contributed by atoms with Gasteiger partial charge in [-0.15, -0.1) is 11.8 Å². The minimum atomic E-state index is 0.481. The highest BCUT2D eigenvalue weighted by molar-refractivity contribution is 9.10. The van der Waals surface area contributed by atoms with Crippen LogP contribution in [0, 0.1) is 0 Å². The van der Waals surface area contributed by atoms with Crippen LogP contribution in [0.15, 0.2) is 8.89 Å². The van der Waals surface area contributed by atoms with E-state index in [2.05, 4.69) is 29.8 Å². The maximum absolute atomic E-state index is 5.75. The summed E-state index contributed by atoms with van der Waals surface area (Å²) in [7, 11) is 0. The first-order chi connectivity index (χ1) is 5.70. The molecule has 1 nitrogen and oxygen atoms in total. The Morgan fingerprint density at radius 3 is 2.75 bits per heavy atom. The third-order valence-corrected chi connectivity index (χ3v) is 3.88. The van der Waals surface area contributed by atoms with Gasteiger partial charge in [-0.1, -0.05) is 13.8 Å². The maximum atomic E-state index is 5.75. The Bertz CT molecular complexity index is 304. The van der Waals surface area contributed by atoms with Gasteiger partial charge in [0.1, 0.15) is 11.5 Å². The van der Waals surface area contributed by atoms with E-state index < -0.39 is 0 Å². The molecule has 0 N–H and O–H groups in total. The lowest BCUT2D eigenvalue weighted by atomic mass is 10.1. The van der Waals surface area contributed by atoms with Gasteiger partial charge in [0.05, 0.1) is 10.2 Å². The summed E-state index contributed by atoms with van der Waals surface area (Å²) < 4.78 is 6.96. The van der Waals surface area contributed by atoms with E-state index in [-0.39, 0.29) is 0 Å². The van der Waals surface area contributed by atoms with Crippen molar-refractivity contribution >= 4 is 27.7 Å². The predicted octanol–water partition coefficient (Wildman–Crippen LogP) is 3.91. The minimum Gasteiger partial charge on any atom is -0.463 e. The number of rotatable bonds is 1. The van der Waals surface area contributed by atoms with Crippen LogP contribution in [0.1, 0.15) is 36.8 Å². The average Bonchev–Trinajstić information content (AvgIpc) is 2.53. The van der Waals surface area contributed by atoms with E-state index in [4.69, 9.17) is 4.42 Å². The molecule has 0 saturated carbocycles. The average molecular weight is 247 g/mol. The van der Waals surface area contributed by atoms with E-state index in [1.807, 2.05) is 11.8 Å². The fraction of sp³-hybridized carbons (Fsp3) is 0.556. The van der Waals surface area contributed by atoms with Gasteiger partial charge in [-0.05, 0) is 15.9 Å². The standard InChI is InChI=1S/C9H11BrOS/c1-5(2)9-8(10)6-3-12-4-7(6)11-9/h5H,3-4H2,1-2H3. The molecule has 0 fully saturated rings. The first-order valence-corrected chi connectivity index (χ1v) is 6.02. The van der Waals surface area contributed by atoms with E-state index in [9.17, 15) is 0 Å². The summed E-state index contributed by atoms with van der Waals surface area (Å²) in [6, 6.07) is 0. The van der Waals surface area contributed by atoms with Gasteiger partial charge in [0.2, 0.25) is 0 Å². The van der Waals surface area contributed by atoms with E-state index in [1.165, 1.54) is 15.8 Å². The zero-order valence-electron chi connectivity index (χ0n) is 7.19. The molecule has 1 aromatic rings. The minimum absolute atomic E-state index is 0.481. The Morgan fingerprint density at radius 1 is 1.42 bits per heavy atom. The van der Waals surface area contributed by atoms with Crippen molar-refractivity contribution in [2.75, 3.05) is 0 Å². The fourth-order valence-electron chi connectivity index (χ4n) is 1.39. The van der Waals surface area contributed by atoms with Crippen LogP contribution in [-0.2, 0) is 11.5 Å². The molecule has 0 radical (unpaired) electrons. The van der Waals surface area contributed by atoms with Crippen molar-refractivity contribution in [3.8, 4) is 0 Å². The van der Waals surface area contributed by atoms with E-state index >= 15 is 0 Å². The Kier molecular flexibility index (Phi) is 2.25. The molecule has 12 heavy (non-hydrogen) atoms. The van der Waals surface area contributed by atoms with Crippen molar-refractivity contribution in [2.45, 2.75) is 31.3 Å². The van der Waals surface area contributed by atoms with Crippen molar-refractivity contribution in [3.63, 3.8) is 0 Å². The van der Waals surface area contributed by atoms with Crippen molar-refractivity contribution in [1.29, 1.82) is 0 Å². The van der Waals surface area contributed by atoms with Gasteiger partial charge in [0, 0.05) is 17.2 Å². The van der Waals surface area contributed by atoms with Crippen LogP contribution < -0.4 is 0 Å². The molecule has 0 atom stereocenters. The summed E-state index contributed by atoms with van der Waals surface area (Å²) in [5.74, 6) is 4.91. The van der Waals surface area contributed by atoms with E-state index in [1.54, 1.807) is 0 Å². The molecule has 0 saturated heterocycles. The Labute approximate surface area is 85.0 Å². The molecular weight excluding hydrogens is 236 g/mol. The predicted molar refractivity (Wildman–Crippen MR) is 55.5 cm³/mol. The molecule has 0 amide bonds. The lowest BCUT2D eigenvalue weighted by molar-refractivity contribution is 0.459. The molecule has 2 heterocycles. The third-order valence-electron chi connectivity index (χ3n) is 2.05. The van der Waals surface area contributed by atoms with Crippen molar-refractivity contribution < 1.29 is 4.42 Å². The normalized spacial score (nSPS) is 15.7. The van der Waals surface area contributed by atoms with Gasteiger partial charge in [-0.25, -0.2) is 0 Å². The smallest absolute Gasteiger partial charge is 0.121 e. The Morgan fingerprint density at radius 2 is 2.17 bits per heavy atom. The maximum Gasteiger partial charge on any atom is 0.121 e. The van der Waals surface area contributed by atoms with Gasteiger partial charge in [-0.3, -0.25) is 0 Å². The monoisotopic (exact) mass is 246 g/mol. The lowest BCUT2D eigenvalue weighted by Crippen LogP contribution is -1.84. The van der Waals surface area contributed by atoms with Gasteiger partial charge in [-0.2, -0.15) is 0 Å². The molecule has 66 valence electrons. The fourth-order valence-corrected chi connectivity index (χ4v) is 3.50. The Hall–Kier alpha value is 0.110. The van der Waals surface area contributed by atoms with E-state index in [0.717, 1.165) is 17.3 Å². The largest absolute Gasteiger partial charge is 0.463 e.